The summed E-state index contributed by atoms with van der Waals surface area (Å²) in [4.78, 5) is 10.1. The van der Waals surface area contributed by atoms with E-state index in [0.717, 1.165) is 56.2 Å². The fourth-order valence-corrected chi connectivity index (χ4v) is 7.71. The van der Waals surface area contributed by atoms with Crippen LogP contribution < -0.4 is 10.6 Å². The Kier molecular flexibility index (Phi) is 8.50. The molecule has 0 bridgehead atoms. The number of nitrogens with zero attached hydrogens (tertiary/aromatic N) is 3. The number of aromatic nitrogens is 1. The van der Waals surface area contributed by atoms with Crippen LogP contribution in [0.15, 0.2) is 216 Å². The summed E-state index contributed by atoms with van der Waals surface area (Å²) in [6.07, 6.45) is -0.340. The number of anilines is 2. The SMILES string of the molecule is c1ccc(C2=NC(c3cccc(Nc4cc5c(cc4-c4ccc(-c6ccccc6)cc4)c4ccccc4n5-c4ccccc4)c3)NC(c3ccccc3)=N2)cc1. The normalized spacial score (nSPS) is 13.9. The predicted octanol–water partition coefficient (Wildman–Crippen LogP) is 12.4. The summed E-state index contributed by atoms with van der Waals surface area (Å²) in [5.74, 6) is 1.50. The third-order valence-corrected chi connectivity index (χ3v) is 10.4. The molecule has 56 heavy (non-hydrogen) atoms. The van der Waals surface area contributed by atoms with Gasteiger partial charge >= 0.3 is 0 Å². The summed E-state index contributed by atoms with van der Waals surface area (Å²) in [7, 11) is 0. The van der Waals surface area contributed by atoms with Gasteiger partial charge in [-0.1, -0.05) is 164 Å². The molecule has 0 radical (unpaired) electrons. The van der Waals surface area contributed by atoms with E-state index in [1.54, 1.807) is 0 Å². The molecule has 1 aliphatic heterocycles. The van der Waals surface area contributed by atoms with E-state index < -0.39 is 0 Å². The molecule has 1 aromatic heterocycles. The van der Waals surface area contributed by atoms with Crippen LogP contribution >= 0.6 is 0 Å². The van der Waals surface area contributed by atoms with E-state index in [9.17, 15) is 0 Å². The topological polar surface area (TPSA) is 53.7 Å². The van der Waals surface area contributed by atoms with Crippen molar-refractivity contribution >= 4 is 44.9 Å². The number of fused-ring (bicyclic) bond motifs is 3. The van der Waals surface area contributed by atoms with Crippen molar-refractivity contribution in [1.82, 2.24) is 9.88 Å². The lowest BCUT2D eigenvalue weighted by Crippen LogP contribution is -2.33. The molecular formula is C51H37N5. The van der Waals surface area contributed by atoms with Crippen LogP contribution in [0, 0.1) is 0 Å². The van der Waals surface area contributed by atoms with Gasteiger partial charge in [0.05, 0.1) is 11.0 Å². The number of rotatable bonds is 8. The van der Waals surface area contributed by atoms with Gasteiger partial charge in [0.1, 0.15) is 12.0 Å². The maximum absolute atomic E-state index is 5.14. The minimum atomic E-state index is -0.340. The van der Waals surface area contributed by atoms with Crippen molar-refractivity contribution in [2.75, 3.05) is 5.32 Å². The maximum Gasteiger partial charge on any atom is 0.159 e. The molecule has 8 aromatic carbocycles. The molecule has 0 fully saturated rings. The van der Waals surface area contributed by atoms with E-state index in [1.165, 1.54) is 27.4 Å². The van der Waals surface area contributed by atoms with Crippen LogP contribution in [0.2, 0.25) is 0 Å². The number of benzene rings is 8. The first kappa shape index (κ1) is 33.1. The average Bonchev–Trinajstić information content (AvgIpc) is 3.60. The highest BCUT2D eigenvalue weighted by Gasteiger charge is 2.22. The first-order valence-electron chi connectivity index (χ1n) is 18.9. The van der Waals surface area contributed by atoms with Crippen LogP contribution in [-0.2, 0) is 0 Å². The van der Waals surface area contributed by atoms with Crippen molar-refractivity contribution in [3.63, 3.8) is 0 Å². The molecule has 0 aliphatic carbocycles. The zero-order valence-electron chi connectivity index (χ0n) is 30.5. The van der Waals surface area contributed by atoms with Crippen LogP contribution in [-0.4, -0.2) is 16.2 Å². The van der Waals surface area contributed by atoms with Gasteiger partial charge in [-0.3, -0.25) is 0 Å². The van der Waals surface area contributed by atoms with Crippen molar-refractivity contribution in [3.05, 3.63) is 223 Å². The Balaban J connectivity index is 1.09. The standard InChI is InChI=1S/C51H37N5/c1-5-16-35(17-6-1)36-28-30-37(31-29-36)44-33-45-43-26-13-14-27-47(43)56(42-24-11-4-12-25-42)48(45)34-46(44)52-41-23-15-22-40(32-41)51-54-49(38-18-7-2-8-19-38)53-50(55-51)39-20-9-3-10-21-39/h1-34,51-52H,(H,53,54,55). The smallest absolute Gasteiger partial charge is 0.159 e. The molecule has 10 rings (SSSR count). The Bertz CT molecular complexity index is 2880. The van der Waals surface area contributed by atoms with Crippen molar-refractivity contribution < 1.29 is 0 Å². The quantitative estimate of drug-likeness (QED) is 0.164. The van der Waals surface area contributed by atoms with Crippen LogP contribution in [0.1, 0.15) is 22.9 Å². The Morgan fingerprint density at radius 3 is 1.80 bits per heavy atom. The highest BCUT2D eigenvalue weighted by atomic mass is 15.2. The number of hydrogen-bond acceptors (Lipinski definition) is 4. The molecule has 0 spiro atoms. The fraction of sp³-hybridized carbons (Fsp3) is 0.0196. The third kappa shape index (κ3) is 6.31. The molecular weight excluding hydrogens is 683 g/mol. The highest BCUT2D eigenvalue weighted by molar-refractivity contribution is 6.14. The summed E-state index contributed by atoms with van der Waals surface area (Å²) < 4.78 is 2.37. The fourth-order valence-electron chi connectivity index (χ4n) is 7.71. The molecule has 1 atom stereocenters. The molecule has 5 heteroatoms. The van der Waals surface area contributed by atoms with Crippen molar-refractivity contribution in [1.29, 1.82) is 0 Å². The van der Waals surface area contributed by atoms with Gasteiger partial charge in [0, 0.05) is 44.5 Å². The van der Waals surface area contributed by atoms with Crippen LogP contribution in [0.25, 0.3) is 49.7 Å². The largest absolute Gasteiger partial charge is 0.355 e. The summed E-state index contributed by atoms with van der Waals surface area (Å²) in [5.41, 5.74) is 13.1. The predicted molar refractivity (Wildman–Crippen MR) is 233 cm³/mol. The van der Waals surface area contributed by atoms with E-state index in [-0.39, 0.29) is 6.17 Å². The van der Waals surface area contributed by atoms with Gasteiger partial charge in [-0.05, 0) is 64.7 Å². The maximum atomic E-state index is 5.14. The van der Waals surface area contributed by atoms with Gasteiger partial charge in [-0.2, -0.15) is 0 Å². The van der Waals surface area contributed by atoms with E-state index in [4.69, 9.17) is 9.98 Å². The average molecular weight is 720 g/mol. The zero-order valence-corrected chi connectivity index (χ0v) is 30.5. The van der Waals surface area contributed by atoms with E-state index in [2.05, 4.69) is 185 Å². The number of para-hydroxylation sites is 2. The second-order valence-corrected chi connectivity index (χ2v) is 14.0. The molecule has 2 heterocycles. The van der Waals surface area contributed by atoms with Crippen LogP contribution in [0.5, 0.6) is 0 Å². The Morgan fingerprint density at radius 1 is 0.464 bits per heavy atom. The van der Waals surface area contributed by atoms with Crippen LogP contribution in [0.4, 0.5) is 11.4 Å². The number of amidine groups is 2. The van der Waals surface area contributed by atoms with Crippen molar-refractivity contribution in [2.24, 2.45) is 9.98 Å². The molecule has 0 saturated carbocycles. The molecule has 0 saturated heterocycles. The first-order chi connectivity index (χ1) is 27.7. The summed E-state index contributed by atoms with van der Waals surface area (Å²) in [6.45, 7) is 0. The Morgan fingerprint density at radius 2 is 1.07 bits per heavy atom. The minimum absolute atomic E-state index is 0.340. The Labute approximate surface area is 326 Å². The lowest BCUT2D eigenvalue weighted by Gasteiger charge is -2.24. The first-order valence-corrected chi connectivity index (χ1v) is 18.9. The second-order valence-electron chi connectivity index (χ2n) is 14.0. The van der Waals surface area contributed by atoms with Gasteiger partial charge in [0.25, 0.3) is 0 Å². The number of nitrogens with one attached hydrogen (secondary N) is 2. The van der Waals surface area contributed by atoms with Gasteiger partial charge in [-0.25, -0.2) is 9.98 Å². The van der Waals surface area contributed by atoms with E-state index >= 15 is 0 Å². The highest BCUT2D eigenvalue weighted by Crippen LogP contribution is 2.41. The number of aliphatic imine (C=N–C) groups is 2. The molecule has 0 amide bonds. The lowest BCUT2D eigenvalue weighted by molar-refractivity contribution is 0.674. The summed E-state index contributed by atoms with van der Waals surface area (Å²) in [6, 6.07) is 72.4. The Hall–Kier alpha value is -7.50. The van der Waals surface area contributed by atoms with Crippen LogP contribution in [0.3, 0.4) is 0 Å². The summed E-state index contributed by atoms with van der Waals surface area (Å²) >= 11 is 0. The molecule has 1 unspecified atom stereocenters. The summed E-state index contributed by atoms with van der Waals surface area (Å²) in [5, 5.41) is 9.92. The van der Waals surface area contributed by atoms with E-state index in [1.807, 2.05) is 36.4 Å². The minimum Gasteiger partial charge on any atom is -0.355 e. The monoisotopic (exact) mass is 719 g/mol. The van der Waals surface area contributed by atoms with Gasteiger partial charge in [0.15, 0.2) is 5.84 Å². The third-order valence-electron chi connectivity index (χ3n) is 10.4. The van der Waals surface area contributed by atoms with Gasteiger partial charge in [-0.15, -0.1) is 0 Å². The second kappa shape index (κ2) is 14.4. The molecule has 1 aliphatic rings. The van der Waals surface area contributed by atoms with Gasteiger partial charge < -0.3 is 15.2 Å². The van der Waals surface area contributed by atoms with Crippen molar-refractivity contribution in [2.45, 2.75) is 6.17 Å². The zero-order chi connectivity index (χ0) is 37.3. The molecule has 2 N–H and O–H groups in total. The molecule has 5 nitrogen and oxygen atoms in total. The number of hydrogen-bond donors (Lipinski definition) is 2. The lowest BCUT2D eigenvalue weighted by atomic mass is 9.97. The molecule has 266 valence electrons. The van der Waals surface area contributed by atoms with E-state index in [0.29, 0.717) is 5.84 Å². The molecule has 9 aromatic rings. The van der Waals surface area contributed by atoms with Gasteiger partial charge in [0.2, 0.25) is 0 Å². The van der Waals surface area contributed by atoms with Crippen molar-refractivity contribution in [3.8, 4) is 27.9 Å².